The van der Waals surface area contributed by atoms with Gasteiger partial charge in [0.2, 0.25) is 0 Å². The van der Waals surface area contributed by atoms with Gasteiger partial charge in [-0.05, 0) is 61.9 Å². The van der Waals surface area contributed by atoms with Gasteiger partial charge in [-0.1, -0.05) is 12.2 Å². The van der Waals surface area contributed by atoms with Gasteiger partial charge in [-0.25, -0.2) is 0 Å². The second-order valence-electron chi connectivity index (χ2n) is 9.48. The number of methoxy groups -OCH3 is 2. The van der Waals surface area contributed by atoms with Gasteiger partial charge in [-0.2, -0.15) is 5.10 Å². The Hall–Kier alpha value is -3.55. The average molecular weight is 477 g/mol. The highest BCUT2D eigenvalue weighted by Crippen LogP contribution is 2.38. The largest absolute Gasteiger partial charge is 0.493 e. The van der Waals surface area contributed by atoms with Crippen molar-refractivity contribution in [1.29, 1.82) is 0 Å². The number of anilines is 1. The highest BCUT2D eigenvalue weighted by molar-refractivity contribution is 6.03. The molecule has 2 heterocycles. The maximum absolute atomic E-state index is 11.0. The van der Waals surface area contributed by atoms with Crippen molar-refractivity contribution in [2.24, 2.45) is 16.9 Å². The van der Waals surface area contributed by atoms with Crippen LogP contribution in [0.2, 0.25) is 0 Å². The third-order valence-electron chi connectivity index (χ3n) is 7.56. The third kappa shape index (κ3) is 4.70. The first-order valence-corrected chi connectivity index (χ1v) is 12.3. The van der Waals surface area contributed by atoms with Crippen LogP contribution in [0, 0.1) is 22.0 Å². The molecular weight excluding hydrogens is 444 g/mol. The quantitative estimate of drug-likeness (QED) is 0.336. The summed E-state index contributed by atoms with van der Waals surface area (Å²) in [4.78, 5) is 12.9. The lowest BCUT2D eigenvalue weighted by Crippen LogP contribution is -2.49. The standard InChI is InChI=1S/C27H32N4O4/c1-34-25-12-7-19(17-26(25)35-2)27-24-6-4-3-5-20(24)18-30(28-27)22-13-15-29(16-14-22)21-8-10-23(11-9-21)31(32)33/h3-4,7-12,17,20,22,24H,5-6,13-16,18H2,1-2H3/t20-,24-/m0/s1. The van der Waals surface area contributed by atoms with Crippen molar-refractivity contribution in [2.75, 3.05) is 38.8 Å². The number of fused-ring (bicyclic) bond motifs is 1. The maximum Gasteiger partial charge on any atom is 0.269 e. The number of allylic oxidation sites excluding steroid dienone is 2. The molecule has 1 aliphatic carbocycles. The number of ether oxygens (including phenoxy) is 2. The lowest BCUT2D eigenvalue weighted by Gasteiger charge is -2.44. The van der Waals surface area contributed by atoms with Gasteiger partial charge >= 0.3 is 0 Å². The number of nitro benzene ring substituents is 1. The molecule has 0 spiro atoms. The number of piperidine rings is 1. The molecule has 35 heavy (non-hydrogen) atoms. The molecule has 5 rings (SSSR count). The lowest BCUT2D eigenvalue weighted by molar-refractivity contribution is -0.384. The smallest absolute Gasteiger partial charge is 0.269 e. The van der Waals surface area contributed by atoms with E-state index in [4.69, 9.17) is 14.6 Å². The Labute approximate surface area is 206 Å². The Kier molecular flexibility index (Phi) is 6.61. The zero-order chi connectivity index (χ0) is 24.4. The molecule has 1 saturated heterocycles. The number of hydrogen-bond acceptors (Lipinski definition) is 7. The van der Waals surface area contributed by atoms with Crippen LogP contribution in [0.15, 0.2) is 59.7 Å². The van der Waals surface area contributed by atoms with E-state index in [0.717, 1.165) is 73.8 Å². The van der Waals surface area contributed by atoms with Crippen molar-refractivity contribution in [3.8, 4) is 11.5 Å². The first-order chi connectivity index (χ1) is 17.1. The summed E-state index contributed by atoms with van der Waals surface area (Å²) in [5.41, 5.74) is 3.41. The third-order valence-corrected chi connectivity index (χ3v) is 7.56. The van der Waals surface area contributed by atoms with Gasteiger partial charge < -0.3 is 14.4 Å². The molecule has 0 unspecified atom stereocenters. The SMILES string of the molecule is COc1ccc(C2=NN(C3CCN(c4ccc([N+](=O)[O-])cc4)CC3)C[C@@H]3CC=CC[C@H]23)cc1OC. The van der Waals surface area contributed by atoms with Gasteiger partial charge in [0.15, 0.2) is 11.5 Å². The molecule has 0 radical (unpaired) electrons. The molecule has 0 amide bonds. The summed E-state index contributed by atoms with van der Waals surface area (Å²) < 4.78 is 11.0. The van der Waals surface area contributed by atoms with Crippen molar-refractivity contribution in [3.05, 3.63) is 70.3 Å². The minimum Gasteiger partial charge on any atom is -0.493 e. The zero-order valence-corrected chi connectivity index (χ0v) is 20.3. The summed E-state index contributed by atoms with van der Waals surface area (Å²) in [5.74, 6) is 2.41. The Morgan fingerprint density at radius 2 is 1.69 bits per heavy atom. The second-order valence-corrected chi connectivity index (χ2v) is 9.48. The van der Waals surface area contributed by atoms with Crippen molar-refractivity contribution in [2.45, 2.75) is 31.7 Å². The van der Waals surface area contributed by atoms with Crippen LogP contribution in [0.1, 0.15) is 31.2 Å². The Balaban J connectivity index is 1.35. The molecule has 184 valence electrons. The molecule has 2 aromatic rings. The fraction of sp³-hybridized carbons (Fsp3) is 0.444. The molecule has 0 saturated carbocycles. The van der Waals surface area contributed by atoms with Crippen LogP contribution in [0.3, 0.4) is 0 Å². The highest BCUT2D eigenvalue weighted by atomic mass is 16.6. The van der Waals surface area contributed by atoms with Crippen molar-refractivity contribution in [1.82, 2.24) is 5.01 Å². The topological polar surface area (TPSA) is 80.4 Å². The first-order valence-electron chi connectivity index (χ1n) is 12.3. The van der Waals surface area contributed by atoms with E-state index >= 15 is 0 Å². The Morgan fingerprint density at radius 3 is 2.37 bits per heavy atom. The van der Waals surface area contributed by atoms with Crippen LogP contribution >= 0.6 is 0 Å². The fourth-order valence-electron chi connectivity index (χ4n) is 5.61. The predicted molar refractivity (Wildman–Crippen MR) is 136 cm³/mol. The molecule has 2 aromatic carbocycles. The van der Waals surface area contributed by atoms with Gasteiger partial charge in [0.05, 0.1) is 30.9 Å². The van der Waals surface area contributed by atoms with Crippen LogP contribution in [0.4, 0.5) is 11.4 Å². The lowest BCUT2D eigenvalue weighted by atomic mass is 9.76. The molecule has 0 N–H and O–H groups in total. The van der Waals surface area contributed by atoms with Crippen LogP contribution < -0.4 is 14.4 Å². The second kappa shape index (κ2) is 9.98. The van der Waals surface area contributed by atoms with Crippen LogP contribution in [0.25, 0.3) is 0 Å². The monoisotopic (exact) mass is 476 g/mol. The molecule has 3 aliphatic rings. The van der Waals surface area contributed by atoms with E-state index in [2.05, 4.69) is 28.1 Å². The predicted octanol–water partition coefficient (Wildman–Crippen LogP) is 4.88. The van der Waals surface area contributed by atoms with Gasteiger partial charge in [0, 0.05) is 48.9 Å². The number of nitrogens with zero attached hydrogens (tertiary/aromatic N) is 4. The number of non-ortho nitro benzene ring substituents is 1. The van der Waals surface area contributed by atoms with Crippen LogP contribution in [-0.2, 0) is 0 Å². The zero-order valence-electron chi connectivity index (χ0n) is 20.3. The van der Waals surface area contributed by atoms with E-state index in [1.54, 1.807) is 26.4 Å². The average Bonchev–Trinajstić information content (AvgIpc) is 2.92. The normalized spacial score (nSPS) is 22.4. The summed E-state index contributed by atoms with van der Waals surface area (Å²) >= 11 is 0. The first kappa shape index (κ1) is 23.2. The minimum absolute atomic E-state index is 0.130. The number of benzene rings is 2. The number of nitro groups is 1. The van der Waals surface area contributed by atoms with E-state index < -0.39 is 0 Å². The number of hydrogen-bond donors (Lipinski definition) is 0. The van der Waals surface area contributed by atoms with E-state index in [-0.39, 0.29) is 10.6 Å². The van der Waals surface area contributed by atoms with Gasteiger partial charge in [0.25, 0.3) is 5.69 Å². The van der Waals surface area contributed by atoms with E-state index in [9.17, 15) is 10.1 Å². The van der Waals surface area contributed by atoms with E-state index in [1.165, 1.54) is 0 Å². The number of rotatable bonds is 6. The Bertz CT molecular complexity index is 1120. The molecule has 0 aromatic heterocycles. The summed E-state index contributed by atoms with van der Waals surface area (Å²) in [5, 5.41) is 18.5. The maximum atomic E-state index is 11.0. The van der Waals surface area contributed by atoms with Crippen molar-refractivity contribution >= 4 is 17.1 Å². The summed E-state index contributed by atoms with van der Waals surface area (Å²) in [6.07, 6.45) is 8.71. The molecule has 2 atom stereocenters. The number of hydrazone groups is 1. The summed E-state index contributed by atoms with van der Waals surface area (Å²) in [6, 6.07) is 13.4. The van der Waals surface area contributed by atoms with Gasteiger partial charge in [-0.3, -0.25) is 15.1 Å². The molecule has 0 bridgehead atoms. The van der Waals surface area contributed by atoms with Crippen molar-refractivity contribution in [3.63, 3.8) is 0 Å². The van der Waals surface area contributed by atoms with Crippen LogP contribution in [-0.4, -0.2) is 55.5 Å². The van der Waals surface area contributed by atoms with Crippen LogP contribution in [0.5, 0.6) is 11.5 Å². The Morgan fingerprint density at radius 1 is 0.971 bits per heavy atom. The van der Waals surface area contributed by atoms with Gasteiger partial charge in [0.1, 0.15) is 0 Å². The highest BCUT2D eigenvalue weighted by Gasteiger charge is 2.37. The molecule has 1 fully saturated rings. The molecule has 8 nitrogen and oxygen atoms in total. The summed E-state index contributed by atoms with van der Waals surface area (Å²) in [7, 11) is 3.32. The van der Waals surface area contributed by atoms with Gasteiger partial charge in [-0.15, -0.1) is 0 Å². The molecular formula is C27H32N4O4. The van der Waals surface area contributed by atoms with E-state index in [0.29, 0.717) is 17.9 Å². The van der Waals surface area contributed by atoms with E-state index in [1.807, 2.05) is 24.3 Å². The fourth-order valence-corrected chi connectivity index (χ4v) is 5.61. The molecule has 8 heteroatoms. The molecule has 2 aliphatic heterocycles. The minimum atomic E-state index is -0.353. The summed E-state index contributed by atoms with van der Waals surface area (Å²) in [6.45, 7) is 2.80. The van der Waals surface area contributed by atoms with Crippen molar-refractivity contribution < 1.29 is 14.4 Å².